The van der Waals surface area contributed by atoms with E-state index in [1.165, 1.54) is 12.8 Å². The zero-order chi connectivity index (χ0) is 24.0. The number of thioether (sulfide) groups is 1. The van der Waals surface area contributed by atoms with Gasteiger partial charge in [0.1, 0.15) is 0 Å². The molecular weight excluding hydrogens is 462 g/mol. The Morgan fingerprint density at radius 3 is 2.29 bits per heavy atom. The Balaban J connectivity index is 1.08. The molecule has 0 spiro atoms. The standard InChI is InChI=1S/C25H35N7O2S/c1-35-22-6-2-4-20(18-22)26-25(33)32-15-13-31(14-16-32)24-8-7-23(27-28-24)30-11-9-29(10-12-30)19-21-5-3-17-34-21/h2,4,6-8,18,21H,3,5,9-17,19H2,1H3,(H,26,33). The van der Waals surface area contributed by atoms with Crippen molar-refractivity contribution in [2.45, 2.75) is 23.8 Å². The van der Waals surface area contributed by atoms with Gasteiger partial charge in [-0.3, -0.25) is 4.90 Å². The molecule has 0 saturated carbocycles. The predicted octanol–water partition coefficient (Wildman–Crippen LogP) is 2.85. The second kappa shape index (κ2) is 11.5. The van der Waals surface area contributed by atoms with E-state index in [-0.39, 0.29) is 6.03 Å². The van der Waals surface area contributed by atoms with Crippen molar-refractivity contribution in [2.75, 3.05) is 86.9 Å². The van der Waals surface area contributed by atoms with Crippen LogP contribution in [0.4, 0.5) is 22.1 Å². The molecule has 3 aliphatic rings. The van der Waals surface area contributed by atoms with Crippen molar-refractivity contribution in [3.63, 3.8) is 0 Å². The Bertz CT molecular complexity index is 970. The molecule has 2 aromatic rings. The van der Waals surface area contributed by atoms with E-state index >= 15 is 0 Å². The predicted molar refractivity (Wildman–Crippen MR) is 141 cm³/mol. The average molecular weight is 498 g/mol. The Kier molecular flexibility index (Phi) is 7.90. The Hall–Kier alpha value is -2.56. The van der Waals surface area contributed by atoms with Crippen LogP contribution in [0.3, 0.4) is 0 Å². The maximum absolute atomic E-state index is 12.7. The Morgan fingerprint density at radius 1 is 1.00 bits per heavy atom. The Morgan fingerprint density at radius 2 is 1.69 bits per heavy atom. The lowest BCUT2D eigenvalue weighted by atomic mass is 10.2. The summed E-state index contributed by atoms with van der Waals surface area (Å²) in [5, 5.41) is 12.1. The second-order valence-electron chi connectivity index (χ2n) is 9.31. The van der Waals surface area contributed by atoms with E-state index in [4.69, 9.17) is 4.74 Å². The summed E-state index contributed by atoms with van der Waals surface area (Å²) in [5.41, 5.74) is 0.832. The summed E-state index contributed by atoms with van der Waals surface area (Å²) in [6, 6.07) is 12.0. The van der Waals surface area contributed by atoms with Crippen LogP contribution in [0.2, 0.25) is 0 Å². The van der Waals surface area contributed by atoms with Crippen LogP contribution in [-0.2, 0) is 4.74 Å². The molecule has 3 saturated heterocycles. The molecule has 1 N–H and O–H groups in total. The van der Waals surface area contributed by atoms with Crippen LogP contribution < -0.4 is 15.1 Å². The fourth-order valence-corrected chi connectivity index (χ4v) is 5.39. The largest absolute Gasteiger partial charge is 0.377 e. The summed E-state index contributed by atoms with van der Waals surface area (Å²) in [7, 11) is 0. The summed E-state index contributed by atoms with van der Waals surface area (Å²) in [5.74, 6) is 1.81. The van der Waals surface area contributed by atoms with Crippen molar-refractivity contribution in [1.82, 2.24) is 20.0 Å². The molecule has 1 atom stereocenters. The number of nitrogens with zero attached hydrogens (tertiary/aromatic N) is 6. The van der Waals surface area contributed by atoms with Crippen molar-refractivity contribution in [1.29, 1.82) is 0 Å². The van der Waals surface area contributed by atoms with Gasteiger partial charge in [0.2, 0.25) is 0 Å². The second-order valence-corrected chi connectivity index (χ2v) is 10.2. The molecule has 0 radical (unpaired) electrons. The van der Waals surface area contributed by atoms with Gasteiger partial charge in [0.25, 0.3) is 0 Å². The number of carbonyl (C=O) groups excluding carboxylic acids is 1. The highest BCUT2D eigenvalue weighted by atomic mass is 32.2. The molecule has 188 valence electrons. The van der Waals surface area contributed by atoms with Gasteiger partial charge in [-0.2, -0.15) is 0 Å². The number of nitrogens with one attached hydrogen (secondary N) is 1. The molecule has 9 nitrogen and oxygen atoms in total. The summed E-state index contributed by atoms with van der Waals surface area (Å²) < 4.78 is 5.78. The first-order valence-electron chi connectivity index (χ1n) is 12.6. The van der Waals surface area contributed by atoms with E-state index in [0.717, 1.165) is 74.6 Å². The third-order valence-corrected chi connectivity index (χ3v) is 7.76. The summed E-state index contributed by atoms with van der Waals surface area (Å²) in [6.45, 7) is 8.78. The number of hydrogen-bond acceptors (Lipinski definition) is 8. The van der Waals surface area contributed by atoms with E-state index in [2.05, 4.69) is 42.3 Å². The molecule has 35 heavy (non-hydrogen) atoms. The maximum Gasteiger partial charge on any atom is 0.321 e. The lowest BCUT2D eigenvalue weighted by Crippen LogP contribution is -2.50. The van der Waals surface area contributed by atoms with Crippen LogP contribution in [0, 0.1) is 0 Å². The molecule has 10 heteroatoms. The molecule has 1 aromatic heterocycles. The maximum atomic E-state index is 12.7. The first-order chi connectivity index (χ1) is 17.2. The van der Waals surface area contributed by atoms with Crippen molar-refractivity contribution >= 4 is 35.1 Å². The molecule has 4 heterocycles. The van der Waals surface area contributed by atoms with Crippen LogP contribution in [0.1, 0.15) is 12.8 Å². The van der Waals surface area contributed by atoms with Crippen LogP contribution in [0.25, 0.3) is 0 Å². The number of hydrogen-bond donors (Lipinski definition) is 1. The Labute approximate surface area is 211 Å². The quantitative estimate of drug-likeness (QED) is 0.611. The number of piperazine rings is 2. The molecule has 5 rings (SSSR count). The molecular formula is C25H35N7O2S. The fraction of sp³-hybridized carbons (Fsp3) is 0.560. The number of carbonyl (C=O) groups is 1. The first-order valence-corrected chi connectivity index (χ1v) is 13.8. The highest BCUT2D eigenvalue weighted by Gasteiger charge is 2.25. The number of rotatable bonds is 6. The molecule has 1 unspecified atom stereocenters. The topological polar surface area (TPSA) is 77.1 Å². The average Bonchev–Trinajstić information content (AvgIpc) is 3.42. The molecule has 1 aromatic carbocycles. The minimum Gasteiger partial charge on any atom is -0.377 e. The molecule has 3 fully saturated rings. The zero-order valence-corrected chi connectivity index (χ0v) is 21.3. The van der Waals surface area contributed by atoms with Gasteiger partial charge in [0.15, 0.2) is 11.6 Å². The van der Waals surface area contributed by atoms with E-state index in [0.29, 0.717) is 19.2 Å². The summed E-state index contributed by atoms with van der Waals surface area (Å²) in [4.78, 5) is 22.7. The normalized spacial score (nSPS) is 21.4. The van der Waals surface area contributed by atoms with Crippen LogP contribution >= 0.6 is 11.8 Å². The first kappa shape index (κ1) is 24.1. The number of ether oxygens (including phenoxy) is 1. The van der Waals surface area contributed by atoms with Gasteiger partial charge in [-0.05, 0) is 49.4 Å². The van der Waals surface area contributed by atoms with Gasteiger partial charge in [-0.25, -0.2) is 4.79 Å². The van der Waals surface area contributed by atoms with Crippen molar-refractivity contribution in [2.24, 2.45) is 0 Å². The number of anilines is 3. The third-order valence-electron chi connectivity index (χ3n) is 7.03. The smallest absolute Gasteiger partial charge is 0.321 e. The minimum absolute atomic E-state index is 0.0528. The van der Waals surface area contributed by atoms with Gasteiger partial charge in [0.05, 0.1) is 6.10 Å². The molecule has 0 aliphatic carbocycles. The molecule has 3 aliphatic heterocycles. The highest BCUT2D eigenvalue weighted by Crippen LogP contribution is 2.21. The van der Waals surface area contributed by atoms with Crippen molar-refractivity contribution < 1.29 is 9.53 Å². The van der Waals surface area contributed by atoms with Crippen LogP contribution in [0.5, 0.6) is 0 Å². The van der Waals surface area contributed by atoms with Crippen LogP contribution in [0.15, 0.2) is 41.3 Å². The number of benzene rings is 1. The van der Waals surface area contributed by atoms with Crippen molar-refractivity contribution in [3.8, 4) is 0 Å². The van der Waals surface area contributed by atoms with Gasteiger partial charge >= 0.3 is 6.03 Å². The minimum atomic E-state index is -0.0528. The highest BCUT2D eigenvalue weighted by molar-refractivity contribution is 7.98. The van der Waals surface area contributed by atoms with Gasteiger partial charge in [-0.15, -0.1) is 22.0 Å². The van der Waals surface area contributed by atoms with Crippen LogP contribution in [-0.4, -0.2) is 104 Å². The monoisotopic (exact) mass is 497 g/mol. The number of aromatic nitrogens is 2. The van der Waals surface area contributed by atoms with E-state index in [1.807, 2.05) is 35.4 Å². The number of amides is 2. The van der Waals surface area contributed by atoms with Gasteiger partial charge in [0, 0.05) is 76.1 Å². The zero-order valence-electron chi connectivity index (χ0n) is 20.4. The van der Waals surface area contributed by atoms with Crippen molar-refractivity contribution in [3.05, 3.63) is 36.4 Å². The molecule has 0 bridgehead atoms. The molecule has 2 amide bonds. The fourth-order valence-electron chi connectivity index (χ4n) is 4.93. The SMILES string of the molecule is CSc1cccc(NC(=O)N2CCN(c3ccc(N4CCN(CC5CCCO5)CC4)nn3)CC2)c1. The summed E-state index contributed by atoms with van der Waals surface area (Å²) >= 11 is 1.66. The summed E-state index contributed by atoms with van der Waals surface area (Å²) in [6.07, 6.45) is 4.84. The third kappa shape index (κ3) is 6.17. The number of urea groups is 1. The lowest BCUT2D eigenvalue weighted by molar-refractivity contribution is 0.0712. The van der Waals surface area contributed by atoms with Gasteiger partial charge < -0.3 is 24.8 Å². The van der Waals surface area contributed by atoms with E-state index < -0.39 is 0 Å². The lowest BCUT2D eigenvalue weighted by Gasteiger charge is -2.37. The van der Waals surface area contributed by atoms with E-state index in [1.54, 1.807) is 11.8 Å². The van der Waals surface area contributed by atoms with Gasteiger partial charge in [-0.1, -0.05) is 6.07 Å². The van der Waals surface area contributed by atoms with E-state index in [9.17, 15) is 4.79 Å².